The van der Waals surface area contributed by atoms with Gasteiger partial charge in [0.25, 0.3) is 5.91 Å². The van der Waals surface area contributed by atoms with Crippen molar-refractivity contribution in [2.75, 3.05) is 5.32 Å². The van der Waals surface area contributed by atoms with Crippen LogP contribution in [0.5, 0.6) is 0 Å². The van der Waals surface area contributed by atoms with Crippen molar-refractivity contribution in [1.29, 1.82) is 0 Å². The fourth-order valence-corrected chi connectivity index (χ4v) is 2.61. The number of nitrogens with one attached hydrogen (secondary N) is 2. The minimum Gasteiger partial charge on any atom is -0.360 e. The molecule has 0 atom stereocenters. The molecular weight excluding hydrogens is 349 g/mol. The predicted molar refractivity (Wildman–Crippen MR) is 89.0 cm³/mol. The van der Waals surface area contributed by atoms with Crippen LogP contribution in [0.25, 0.3) is 10.9 Å². The number of alkyl halides is 3. The topological polar surface area (TPSA) is 87.7 Å². The summed E-state index contributed by atoms with van der Waals surface area (Å²) in [6, 6.07) is 4.92. The molecule has 3 rings (SSSR count). The fraction of sp³-hybridized carbons (Fsp3) is 0.176. The number of benzene rings is 1. The molecule has 0 saturated heterocycles. The molecular formula is C17H13F3N4O2. The number of nitrogens with zero attached hydrogens (tertiary/aromatic N) is 2. The van der Waals surface area contributed by atoms with Gasteiger partial charge in [-0.3, -0.25) is 14.9 Å². The SMILES string of the molecule is Cc1cc(C)nc(NC(=O)c2c[nH]c3c(C(F)(F)F)cccc3c2=O)n1. The van der Waals surface area contributed by atoms with Crippen LogP contribution in [0.1, 0.15) is 27.3 Å². The van der Waals surface area contributed by atoms with E-state index in [4.69, 9.17) is 0 Å². The van der Waals surface area contributed by atoms with E-state index in [0.29, 0.717) is 11.4 Å². The Kier molecular flexibility index (Phi) is 4.23. The second kappa shape index (κ2) is 6.25. The Labute approximate surface area is 145 Å². The molecule has 0 saturated carbocycles. The van der Waals surface area contributed by atoms with Crippen LogP contribution in [-0.4, -0.2) is 20.9 Å². The Balaban J connectivity index is 2.05. The van der Waals surface area contributed by atoms with Crippen LogP contribution in [0.4, 0.5) is 19.1 Å². The molecule has 0 fully saturated rings. The van der Waals surface area contributed by atoms with Gasteiger partial charge < -0.3 is 4.98 Å². The monoisotopic (exact) mass is 362 g/mol. The predicted octanol–water partition coefficient (Wildman–Crippen LogP) is 3.21. The van der Waals surface area contributed by atoms with E-state index in [1.54, 1.807) is 19.9 Å². The second-order valence-electron chi connectivity index (χ2n) is 5.69. The number of hydrogen-bond donors (Lipinski definition) is 2. The molecule has 0 radical (unpaired) electrons. The van der Waals surface area contributed by atoms with Crippen LogP contribution in [0.15, 0.2) is 35.3 Å². The highest BCUT2D eigenvalue weighted by atomic mass is 19.4. The maximum absolute atomic E-state index is 13.1. The van der Waals surface area contributed by atoms with Gasteiger partial charge >= 0.3 is 6.18 Å². The number of aromatic nitrogens is 3. The molecule has 0 aliphatic carbocycles. The van der Waals surface area contributed by atoms with Crippen molar-refractivity contribution >= 4 is 22.8 Å². The average molecular weight is 362 g/mol. The number of H-pyrrole nitrogens is 1. The standard InChI is InChI=1S/C17H13F3N4O2/c1-8-6-9(2)23-16(22-8)24-15(26)11-7-21-13-10(14(11)25)4-3-5-12(13)17(18,19)20/h3-7H,1-2H3,(H,21,25)(H,22,23,24,26). The van der Waals surface area contributed by atoms with Crippen molar-refractivity contribution in [3.63, 3.8) is 0 Å². The number of rotatable bonds is 2. The second-order valence-corrected chi connectivity index (χ2v) is 5.69. The van der Waals surface area contributed by atoms with Crippen LogP contribution in [0.3, 0.4) is 0 Å². The maximum atomic E-state index is 13.1. The quantitative estimate of drug-likeness (QED) is 0.733. The third-order valence-electron chi connectivity index (χ3n) is 3.67. The van der Waals surface area contributed by atoms with Gasteiger partial charge in [-0.2, -0.15) is 13.2 Å². The molecule has 0 spiro atoms. The summed E-state index contributed by atoms with van der Waals surface area (Å²) in [4.78, 5) is 35.3. The van der Waals surface area contributed by atoms with Gasteiger partial charge in [0.1, 0.15) is 5.56 Å². The highest BCUT2D eigenvalue weighted by Gasteiger charge is 2.33. The van der Waals surface area contributed by atoms with E-state index >= 15 is 0 Å². The first-order chi connectivity index (χ1) is 12.2. The number of aryl methyl sites for hydroxylation is 2. The lowest BCUT2D eigenvalue weighted by molar-refractivity contribution is -0.136. The summed E-state index contributed by atoms with van der Waals surface area (Å²) in [6.07, 6.45) is -3.67. The number of pyridine rings is 1. The van der Waals surface area contributed by atoms with Crippen molar-refractivity contribution < 1.29 is 18.0 Å². The van der Waals surface area contributed by atoms with Gasteiger partial charge in [-0.25, -0.2) is 9.97 Å². The van der Waals surface area contributed by atoms with E-state index in [1.165, 1.54) is 6.07 Å². The van der Waals surface area contributed by atoms with E-state index in [-0.39, 0.29) is 22.4 Å². The number of carbonyl (C=O) groups excluding carboxylic acids is 1. The number of anilines is 1. The van der Waals surface area contributed by atoms with E-state index in [2.05, 4.69) is 20.3 Å². The molecule has 1 aromatic carbocycles. The molecule has 6 nitrogen and oxygen atoms in total. The zero-order chi connectivity index (χ0) is 19.1. The fourth-order valence-electron chi connectivity index (χ4n) is 2.61. The minimum absolute atomic E-state index is 0.0102. The Morgan fingerprint density at radius 3 is 2.42 bits per heavy atom. The molecule has 0 aliphatic rings. The van der Waals surface area contributed by atoms with E-state index < -0.39 is 23.1 Å². The summed E-state index contributed by atoms with van der Waals surface area (Å²) < 4.78 is 39.2. The first-order valence-electron chi connectivity index (χ1n) is 7.52. The van der Waals surface area contributed by atoms with Crippen molar-refractivity contribution in [1.82, 2.24) is 15.0 Å². The van der Waals surface area contributed by atoms with Gasteiger partial charge in [-0.15, -0.1) is 0 Å². The Hall–Kier alpha value is -3.23. The number of hydrogen-bond acceptors (Lipinski definition) is 4. The molecule has 2 aromatic heterocycles. The summed E-state index contributed by atoms with van der Waals surface area (Å²) in [7, 11) is 0. The van der Waals surface area contributed by atoms with Crippen LogP contribution in [0, 0.1) is 13.8 Å². The summed E-state index contributed by atoms with van der Waals surface area (Å²) in [5.41, 5.74) is -1.25. The smallest absolute Gasteiger partial charge is 0.360 e. The van der Waals surface area contributed by atoms with Crippen molar-refractivity contribution in [2.45, 2.75) is 20.0 Å². The van der Waals surface area contributed by atoms with Crippen LogP contribution in [-0.2, 0) is 6.18 Å². The molecule has 9 heteroatoms. The molecule has 26 heavy (non-hydrogen) atoms. The molecule has 134 valence electrons. The maximum Gasteiger partial charge on any atom is 0.418 e. The summed E-state index contributed by atoms with van der Waals surface area (Å²) in [6.45, 7) is 3.43. The molecule has 2 heterocycles. The normalized spacial score (nSPS) is 11.6. The summed E-state index contributed by atoms with van der Waals surface area (Å²) >= 11 is 0. The van der Waals surface area contributed by atoms with E-state index in [0.717, 1.165) is 18.3 Å². The molecule has 0 aliphatic heterocycles. The van der Waals surface area contributed by atoms with Crippen LogP contribution >= 0.6 is 0 Å². The zero-order valence-corrected chi connectivity index (χ0v) is 13.7. The molecule has 3 aromatic rings. The largest absolute Gasteiger partial charge is 0.418 e. The number of amides is 1. The lowest BCUT2D eigenvalue weighted by Gasteiger charge is -2.11. The first-order valence-corrected chi connectivity index (χ1v) is 7.52. The van der Waals surface area contributed by atoms with Crippen LogP contribution in [0.2, 0.25) is 0 Å². The lowest BCUT2D eigenvalue weighted by atomic mass is 10.1. The number of aromatic amines is 1. The van der Waals surface area contributed by atoms with Crippen molar-refractivity contribution in [3.05, 3.63) is 63.2 Å². The Bertz CT molecular complexity index is 1050. The third kappa shape index (κ3) is 3.28. The van der Waals surface area contributed by atoms with Gasteiger partial charge in [0.15, 0.2) is 0 Å². The van der Waals surface area contributed by atoms with Crippen molar-refractivity contribution in [3.8, 4) is 0 Å². The van der Waals surface area contributed by atoms with Gasteiger partial charge in [0.05, 0.1) is 11.1 Å². The van der Waals surface area contributed by atoms with Gasteiger partial charge in [-0.1, -0.05) is 6.07 Å². The molecule has 2 N–H and O–H groups in total. The Morgan fingerprint density at radius 1 is 1.15 bits per heavy atom. The Morgan fingerprint density at radius 2 is 1.81 bits per heavy atom. The molecule has 0 unspecified atom stereocenters. The number of halogens is 3. The zero-order valence-electron chi connectivity index (χ0n) is 13.7. The van der Waals surface area contributed by atoms with Crippen LogP contribution < -0.4 is 10.7 Å². The highest BCUT2D eigenvalue weighted by Crippen LogP contribution is 2.32. The van der Waals surface area contributed by atoms with E-state index in [1.807, 2.05) is 0 Å². The van der Waals surface area contributed by atoms with Crippen molar-refractivity contribution in [2.24, 2.45) is 0 Å². The molecule has 0 bridgehead atoms. The lowest BCUT2D eigenvalue weighted by Crippen LogP contribution is -2.23. The summed E-state index contributed by atoms with van der Waals surface area (Å²) in [5.74, 6) is -0.799. The first kappa shape index (κ1) is 17.6. The number of fused-ring (bicyclic) bond motifs is 1. The molecule has 1 amide bonds. The number of carbonyl (C=O) groups is 1. The average Bonchev–Trinajstić information content (AvgIpc) is 2.52. The minimum atomic E-state index is -4.63. The number of para-hydroxylation sites is 1. The highest BCUT2D eigenvalue weighted by molar-refractivity contribution is 6.05. The third-order valence-corrected chi connectivity index (χ3v) is 3.67. The van der Waals surface area contributed by atoms with Gasteiger partial charge in [-0.05, 0) is 32.0 Å². The van der Waals surface area contributed by atoms with E-state index in [9.17, 15) is 22.8 Å². The summed E-state index contributed by atoms with van der Waals surface area (Å²) in [5, 5.41) is 2.16. The van der Waals surface area contributed by atoms with Gasteiger partial charge in [0.2, 0.25) is 11.4 Å². The van der Waals surface area contributed by atoms with Gasteiger partial charge in [0, 0.05) is 23.0 Å².